The number of aromatic amines is 2. The molecule has 0 aliphatic carbocycles. The number of rotatable bonds is 4. The lowest BCUT2D eigenvalue weighted by Crippen LogP contribution is -2.31. The van der Waals surface area contributed by atoms with E-state index in [-0.39, 0.29) is 11.6 Å². The molecule has 2 aromatic carbocycles. The Kier molecular flexibility index (Phi) is 4.31. The van der Waals surface area contributed by atoms with Crippen molar-refractivity contribution in [1.29, 1.82) is 0 Å². The van der Waals surface area contributed by atoms with Crippen LogP contribution in [0.15, 0.2) is 41.2 Å². The minimum Gasteiger partial charge on any atom is -0.374 e. The van der Waals surface area contributed by atoms with Crippen LogP contribution in [0.25, 0.3) is 11.0 Å². The van der Waals surface area contributed by atoms with Crippen LogP contribution in [-0.2, 0) is 4.79 Å². The summed E-state index contributed by atoms with van der Waals surface area (Å²) in [4.78, 5) is 28.9. The number of fused-ring (bicyclic) bond motifs is 1. The van der Waals surface area contributed by atoms with Gasteiger partial charge in [-0.3, -0.25) is 4.79 Å². The molecule has 1 atom stereocenters. The number of benzene rings is 2. The molecule has 24 heavy (non-hydrogen) atoms. The van der Waals surface area contributed by atoms with Crippen LogP contribution in [0.4, 0.5) is 11.4 Å². The molecule has 0 aliphatic heterocycles. The number of aromatic nitrogens is 2. The number of halogens is 1. The summed E-state index contributed by atoms with van der Waals surface area (Å²) < 4.78 is 0. The van der Waals surface area contributed by atoms with Gasteiger partial charge in [0.2, 0.25) is 5.91 Å². The number of hydrogen-bond donors (Lipinski definition) is 4. The summed E-state index contributed by atoms with van der Waals surface area (Å²) in [7, 11) is 0. The van der Waals surface area contributed by atoms with Crippen LogP contribution in [0, 0.1) is 6.92 Å². The standard InChI is InChI=1S/C17H17ClN4O2/c1-9-3-4-11(7-13(9)18)19-10(2)16(23)20-12-5-6-14-15(8-12)22-17(24)21-14/h3-8,10,19H,1-2H3,(H,20,23)(H2,21,22,24)/t10-/m0/s1. The van der Waals surface area contributed by atoms with E-state index >= 15 is 0 Å². The Bertz CT molecular complexity index is 961. The Hall–Kier alpha value is -2.73. The van der Waals surface area contributed by atoms with Gasteiger partial charge in [0, 0.05) is 16.4 Å². The number of aryl methyl sites for hydroxylation is 1. The largest absolute Gasteiger partial charge is 0.374 e. The number of amides is 1. The Balaban J connectivity index is 1.70. The van der Waals surface area contributed by atoms with Crippen LogP contribution in [0.2, 0.25) is 5.02 Å². The van der Waals surface area contributed by atoms with E-state index in [2.05, 4.69) is 20.6 Å². The van der Waals surface area contributed by atoms with E-state index in [4.69, 9.17) is 11.6 Å². The molecule has 1 aromatic heterocycles. The first-order valence-electron chi connectivity index (χ1n) is 7.48. The number of H-pyrrole nitrogens is 2. The fraction of sp³-hybridized carbons (Fsp3) is 0.176. The van der Waals surface area contributed by atoms with E-state index in [9.17, 15) is 9.59 Å². The molecular weight excluding hydrogens is 328 g/mol. The van der Waals surface area contributed by atoms with Crippen LogP contribution >= 0.6 is 11.6 Å². The highest BCUT2D eigenvalue weighted by Crippen LogP contribution is 2.21. The van der Waals surface area contributed by atoms with Gasteiger partial charge < -0.3 is 20.6 Å². The molecule has 3 rings (SSSR count). The lowest BCUT2D eigenvalue weighted by molar-refractivity contribution is -0.116. The lowest BCUT2D eigenvalue weighted by Gasteiger charge is -2.16. The van der Waals surface area contributed by atoms with Crippen LogP contribution in [0.1, 0.15) is 12.5 Å². The third-order valence-corrected chi connectivity index (χ3v) is 4.14. The highest BCUT2D eigenvalue weighted by Gasteiger charge is 2.13. The summed E-state index contributed by atoms with van der Waals surface area (Å²) in [6.45, 7) is 3.68. The highest BCUT2D eigenvalue weighted by atomic mass is 35.5. The average Bonchev–Trinajstić information content (AvgIpc) is 2.90. The molecule has 0 spiro atoms. The maximum Gasteiger partial charge on any atom is 0.323 e. The van der Waals surface area contributed by atoms with Gasteiger partial charge in [-0.15, -0.1) is 0 Å². The van der Waals surface area contributed by atoms with Gasteiger partial charge in [-0.05, 0) is 49.7 Å². The normalized spacial score (nSPS) is 12.1. The van der Waals surface area contributed by atoms with Gasteiger partial charge in [0.25, 0.3) is 0 Å². The number of carbonyl (C=O) groups excluding carboxylic acids is 1. The maximum absolute atomic E-state index is 12.3. The second kappa shape index (κ2) is 6.41. The van der Waals surface area contributed by atoms with Gasteiger partial charge in [0.1, 0.15) is 6.04 Å². The second-order valence-electron chi connectivity index (χ2n) is 5.66. The molecule has 7 heteroatoms. The molecule has 3 aromatic rings. The first-order valence-corrected chi connectivity index (χ1v) is 7.86. The molecule has 0 unspecified atom stereocenters. The fourth-order valence-electron chi connectivity index (χ4n) is 2.36. The number of hydrogen-bond acceptors (Lipinski definition) is 3. The summed E-state index contributed by atoms with van der Waals surface area (Å²) in [5.74, 6) is -0.191. The van der Waals surface area contributed by atoms with Crippen molar-refractivity contribution in [1.82, 2.24) is 9.97 Å². The van der Waals surface area contributed by atoms with Gasteiger partial charge in [-0.1, -0.05) is 17.7 Å². The van der Waals surface area contributed by atoms with E-state index in [1.54, 1.807) is 31.2 Å². The molecule has 0 saturated carbocycles. The zero-order valence-corrected chi connectivity index (χ0v) is 14.0. The summed E-state index contributed by atoms with van der Waals surface area (Å²) in [6, 6.07) is 10.3. The second-order valence-corrected chi connectivity index (χ2v) is 6.07. The molecule has 0 fully saturated rings. The molecule has 0 aliphatic rings. The SMILES string of the molecule is Cc1ccc(N[C@@H](C)C(=O)Nc2ccc3[nH]c(=O)[nH]c3c2)cc1Cl. The van der Waals surface area contributed by atoms with Crippen molar-refractivity contribution in [3.63, 3.8) is 0 Å². The minimum atomic E-state index is -0.454. The van der Waals surface area contributed by atoms with Gasteiger partial charge in [0.05, 0.1) is 11.0 Å². The van der Waals surface area contributed by atoms with Crippen LogP contribution < -0.4 is 16.3 Å². The van der Waals surface area contributed by atoms with E-state index in [0.29, 0.717) is 21.7 Å². The zero-order valence-electron chi connectivity index (χ0n) is 13.2. The summed E-state index contributed by atoms with van der Waals surface area (Å²) in [5.41, 5.74) is 3.42. The van der Waals surface area contributed by atoms with Crippen molar-refractivity contribution < 1.29 is 4.79 Å². The Morgan fingerprint density at radius 3 is 2.54 bits per heavy atom. The van der Waals surface area contributed by atoms with Crippen molar-refractivity contribution in [3.05, 3.63) is 57.5 Å². The number of anilines is 2. The van der Waals surface area contributed by atoms with Crippen LogP contribution in [0.5, 0.6) is 0 Å². The van der Waals surface area contributed by atoms with Gasteiger partial charge in [0.15, 0.2) is 0 Å². The lowest BCUT2D eigenvalue weighted by atomic mass is 10.2. The fourth-order valence-corrected chi connectivity index (χ4v) is 2.54. The van der Waals surface area contributed by atoms with E-state index in [1.807, 2.05) is 19.1 Å². The van der Waals surface area contributed by atoms with E-state index < -0.39 is 6.04 Å². The van der Waals surface area contributed by atoms with Crippen molar-refractivity contribution in [2.45, 2.75) is 19.9 Å². The number of nitrogens with one attached hydrogen (secondary N) is 4. The summed E-state index contributed by atoms with van der Waals surface area (Å²) in [5, 5.41) is 6.58. The molecule has 124 valence electrons. The molecule has 1 heterocycles. The minimum absolute atomic E-state index is 0.191. The Labute approximate surface area is 143 Å². The van der Waals surface area contributed by atoms with Crippen molar-refractivity contribution in [2.75, 3.05) is 10.6 Å². The zero-order chi connectivity index (χ0) is 17.3. The topological polar surface area (TPSA) is 89.8 Å². The summed E-state index contributed by atoms with van der Waals surface area (Å²) in [6.07, 6.45) is 0. The third-order valence-electron chi connectivity index (χ3n) is 3.73. The van der Waals surface area contributed by atoms with Crippen molar-refractivity contribution in [3.8, 4) is 0 Å². The molecule has 1 amide bonds. The Morgan fingerprint density at radius 2 is 1.79 bits per heavy atom. The molecule has 6 nitrogen and oxygen atoms in total. The predicted molar refractivity (Wildman–Crippen MR) is 96.8 cm³/mol. The molecule has 0 bridgehead atoms. The smallest absolute Gasteiger partial charge is 0.323 e. The van der Waals surface area contributed by atoms with E-state index in [0.717, 1.165) is 11.3 Å². The average molecular weight is 345 g/mol. The summed E-state index contributed by atoms with van der Waals surface area (Å²) >= 11 is 6.09. The maximum atomic E-state index is 12.3. The molecule has 0 saturated heterocycles. The number of imidazole rings is 1. The van der Waals surface area contributed by atoms with Gasteiger partial charge in [-0.2, -0.15) is 0 Å². The Morgan fingerprint density at radius 1 is 1.08 bits per heavy atom. The number of carbonyl (C=O) groups is 1. The van der Waals surface area contributed by atoms with E-state index in [1.165, 1.54) is 0 Å². The van der Waals surface area contributed by atoms with Gasteiger partial charge in [-0.25, -0.2) is 4.79 Å². The molecule has 0 radical (unpaired) electrons. The van der Waals surface area contributed by atoms with Crippen molar-refractivity contribution in [2.24, 2.45) is 0 Å². The first-order chi connectivity index (χ1) is 11.4. The highest BCUT2D eigenvalue weighted by molar-refractivity contribution is 6.31. The molecular formula is C17H17ClN4O2. The van der Waals surface area contributed by atoms with Crippen LogP contribution in [0.3, 0.4) is 0 Å². The van der Waals surface area contributed by atoms with Crippen LogP contribution in [-0.4, -0.2) is 21.9 Å². The monoisotopic (exact) mass is 344 g/mol. The first kappa shape index (κ1) is 16.1. The predicted octanol–water partition coefficient (Wildman–Crippen LogP) is 3.26. The molecule has 4 N–H and O–H groups in total. The third kappa shape index (κ3) is 3.44. The van der Waals surface area contributed by atoms with Gasteiger partial charge >= 0.3 is 5.69 Å². The van der Waals surface area contributed by atoms with Crippen molar-refractivity contribution >= 4 is 39.9 Å². The quantitative estimate of drug-likeness (QED) is 0.585.